The van der Waals surface area contributed by atoms with E-state index in [9.17, 15) is 0 Å². The lowest BCUT2D eigenvalue weighted by molar-refractivity contribution is 0.0832. The Morgan fingerprint density at radius 1 is 1.30 bits per heavy atom. The summed E-state index contributed by atoms with van der Waals surface area (Å²) >= 11 is 0. The van der Waals surface area contributed by atoms with Gasteiger partial charge in [-0.3, -0.25) is 0 Å². The molecule has 106 valence electrons. The number of rotatable bonds is 3. The lowest BCUT2D eigenvalue weighted by Crippen LogP contribution is -2.29. The second-order valence-electron chi connectivity index (χ2n) is 5.41. The summed E-state index contributed by atoms with van der Waals surface area (Å²) in [4.78, 5) is 4.39. The summed E-state index contributed by atoms with van der Waals surface area (Å²) in [6.07, 6.45) is -0.365. The van der Waals surface area contributed by atoms with Crippen molar-refractivity contribution in [2.24, 2.45) is 5.73 Å². The van der Waals surface area contributed by atoms with Crippen LogP contribution >= 0.6 is 0 Å². The van der Waals surface area contributed by atoms with Crippen LogP contribution in [0.1, 0.15) is 31.7 Å². The zero-order valence-corrected chi connectivity index (χ0v) is 11.5. The first-order valence-electron chi connectivity index (χ1n) is 6.53. The Hall–Kier alpha value is -2.08. The molecule has 1 unspecified atom stereocenters. The number of nitrogens with two attached hydrogens (primary N) is 1. The van der Waals surface area contributed by atoms with Gasteiger partial charge in [-0.1, -0.05) is 17.3 Å². The van der Waals surface area contributed by atoms with Crippen LogP contribution in [0.2, 0.25) is 0 Å². The molecule has 1 aliphatic heterocycles. The highest BCUT2D eigenvalue weighted by molar-refractivity contribution is 5.40. The fourth-order valence-electron chi connectivity index (χ4n) is 1.87. The Balaban J connectivity index is 1.82. The van der Waals surface area contributed by atoms with E-state index in [0.29, 0.717) is 30.6 Å². The van der Waals surface area contributed by atoms with Crippen molar-refractivity contribution >= 4 is 0 Å². The summed E-state index contributed by atoms with van der Waals surface area (Å²) in [7, 11) is 0. The molecule has 20 heavy (non-hydrogen) atoms. The maximum atomic E-state index is 5.84. The quantitative estimate of drug-likeness (QED) is 0.919. The number of nitrogens with zero attached hydrogens (tertiary/aromatic N) is 2. The summed E-state index contributed by atoms with van der Waals surface area (Å²) < 4.78 is 16.8. The van der Waals surface area contributed by atoms with E-state index in [4.69, 9.17) is 19.7 Å². The van der Waals surface area contributed by atoms with Gasteiger partial charge in [0.2, 0.25) is 11.7 Å². The maximum Gasteiger partial charge on any atom is 0.233 e. The molecule has 0 aliphatic carbocycles. The molecule has 1 aromatic carbocycles. The highest BCUT2D eigenvalue weighted by Gasteiger charge is 2.31. The number of ether oxygens (including phenoxy) is 2. The number of benzene rings is 1. The van der Waals surface area contributed by atoms with E-state index < -0.39 is 0 Å². The van der Waals surface area contributed by atoms with Crippen molar-refractivity contribution in [1.29, 1.82) is 0 Å². The monoisotopic (exact) mass is 275 g/mol. The lowest BCUT2D eigenvalue weighted by Gasteiger charge is -2.24. The smallest absolute Gasteiger partial charge is 0.233 e. The Morgan fingerprint density at radius 2 is 2.05 bits per heavy atom. The van der Waals surface area contributed by atoms with Crippen molar-refractivity contribution in [2.45, 2.75) is 25.4 Å². The SMILES string of the molecule is CC(C)(CN)c1nc(C2COc3ccccc3O2)no1. The minimum absolute atomic E-state index is 0.349. The molecular formula is C14H17N3O3. The molecule has 0 saturated heterocycles. The van der Waals surface area contributed by atoms with E-state index >= 15 is 0 Å². The number of aromatic nitrogens is 2. The molecule has 0 spiro atoms. The molecule has 0 bridgehead atoms. The Labute approximate surface area is 116 Å². The Morgan fingerprint density at radius 3 is 2.80 bits per heavy atom. The third-order valence-corrected chi connectivity index (χ3v) is 3.33. The lowest BCUT2D eigenvalue weighted by atomic mass is 9.94. The molecular weight excluding hydrogens is 258 g/mol. The van der Waals surface area contributed by atoms with E-state index in [2.05, 4.69) is 10.1 Å². The Kier molecular flexibility index (Phi) is 3.10. The van der Waals surface area contributed by atoms with Gasteiger partial charge in [-0.05, 0) is 26.0 Å². The van der Waals surface area contributed by atoms with Crippen LogP contribution in [0.15, 0.2) is 28.8 Å². The largest absolute Gasteiger partial charge is 0.485 e. The third-order valence-electron chi connectivity index (χ3n) is 3.33. The second-order valence-corrected chi connectivity index (χ2v) is 5.41. The van der Waals surface area contributed by atoms with Crippen LogP contribution < -0.4 is 15.2 Å². The zero-order valence-electron chi connectivity index (χ0n) is 11.5. The highest BCUT2D eigenvalue weighted by Crippen LogP contribution is 2.35. The summed E-state index contributed by atoms with van der Waals surface area (Å²) in [6, 6.07) is 7.51. The van der Waals surface area contributed by atoms with Gasteiger partial charge in [-0.15, -0.1) is 0 Å². The van der Waals surface area contributed by atoms with E-state index in [1.165, 1.54) is 0 Å². The first kappa shape index (κ1) is 12.9. The predicted octanol–water partition coefficient (Wildman–Crippen LogP) is 1.82. The summed E-state index contributed by atoms with van der Waals surface area (Å²) in [5.41, 5.74) is 5.36. The Bertz CT molecular complexity index is 609. The van der Waals surface area contributed by atoms with E-state index in [1.54, 1.807) is 0 Å². The fourth-order valence-corrected chi connectivity index (χ4v) is 1.87. The first-order chi connectivity index (χ1) is 9.60. The minimum atomic E-state index is -0.365. The van der Waals surface area contributed by atoms with Gasteiger partial charge in [0, 0.05) is 6.54 Å². The molecule has 0 fully saturated rings. The standard InChI is InChI=1S/C14H17N3O3/c1-14(2,8-15)13-16-12(17-20-13)11-7-18-9-5-3-4-6-10(9)19-11/h3-6,11H,7-8,15H2,1-2H3. The van der Waals surface area contributed by atoms with Gasteiger partial charge in [-0.25, -0.2) is 0 Å². The van der Waals surface area contributed by atoms with Gasteiger partial charge in [-0.2, -0.15) is 4.98 Å². The van der Waals surface area contributed by atoms with Gasteiger partial charge in [0.15, 0.2) is 17.6 Å². The van der Waals surface area contributed by atoms with Gasteiger partial charge < -0.3 is 19.7 Å². The predicted molar refractivity (Wildman–Crippen MR) is 71.7 cm³/mol. The molecule has 0 radical (unpaired) electrons. The number of hydrogen-bond acceptors (Lipinski definition) is 6. The second kappa shape index (κ2) is 4.79. The number of para-hydroxylation sites is 2. The highest BCUT2D eigenvalue weighted by atomic mass is 16.6. The van der Waals surface area contributed by atoms with Crippen LogP contribution in [-0.4, -0.2) is 23.3 Å². The molecule has 2 heterocycles. The van der Waals surface area contributed by atoms with E-state index in [1.807, 2.05) is 38.1 Å². The van der Waals surface area contributed by atoms with Gasteiger partial charge in [0.05, 0.1) is 5.41 Å². The molecule has 1 aliphatic rings. The average molecular weight is 275 g/mol. The minimum Gasteiger partial charge on any atom is -0.485 e. The van der Waals surface area contributed by atoms with Crippen molar-refractivity contribution in [3.05, 3.63) is 36.0 Å². The molecule has 0 saturated carbocycles. The molecule has 6 heteroatoms. The van der Waals surface area contributed by atoms with E-state index in [0.717, 1.165) is 5.75 Å². The van der Waals surface area contributed by atoms with Gasteiger partial charge in [0.1, 0.15) is 6.61 Å². The molecule has 1 aromatic heterocycles. The molecule has 1 atom stereocenters. The maximum absolute atomic E-state index is 5.84. The third kappa shape index (κ3) is 2.22. The molecule has 2 N–H and O–H groups in total. The molecule has 3 rings (SSSR count). The van der Waals surface area contributed by atoms with Crippen LogP contribution in [0.25, 0.3) is 0 Å². The van der Waals surface area contributed by atoms with E-state index in [-0.39, 0.29) is 11.5 Å². The fraction of sp³-hybridized carbons (Fsp3) is 0.429. The van der Waals surface area contributed by atoms with Crippen molar-refractivity contribution in [3.63, 3.8) is 0 Å². The van der Waals surface area contributed by atoms with Crippen LogP contribution in [0.3, 0.4) is 0 Å². The average Bonchev–Trinajstić information content (AvgIpc) is 2.97. The first-order valence-corrected chi connectivity index (χ1v) is 6.53. The van der Waals surface area contributed by atoms with Crippen LogP contribution in [-0.2, 0) is 5.41 Å². The van der Waals surface area contributed by atoms with Crippen molar-refractivity contribution in [3.8, 4) is 11.5 Å². The van der Waals surface area contributed by atoms with Crippen LogP contribution in [0.5, 0.6) is 11.5 Å². The van der Waals surface area contributed by atoms with Gasteiger partial charge in [0.25, 0.3) is 0 Å². The zero-order chi connectivity index (χ0) is 14.2. The van der Waals surface area contributed by atoms with Crippen molar-refractivity contribution in [2.75, 3.05) is 13.2 Å². The number of fused-ring (bicyclic) bond motifs is 1. The topological polar surface area (TPSA) is 83.4 Å². The van der Waals surface area contributed by atoms with Crippen LogP contribution in [0.4, 0.5) is 0 Å². The van der Waals surface area contributed by atoms with Crippen molar-refractivity contribution in [1.82, 2.24) is 10.1 Å². The summed E-state index contributed by atoms with van der Waals surface area (Å²) in [6.45, 7) is 4.70. The number of hydrogen-bond donors (Lipinski definition) is 1. The summed E-state index contributed by atoms with van der Waals surface area (Å²) in [5, 5.41) is 3.98. The summed E-state index contributed by atoms with van der Waals surface area (Å²) in [5.74, 6) is 2.41. The molecule has 0 amide bonds. The van der Waals surface area contributed by atoms with Gasteiger partial charge >= 0.3 is 0 Å². The normalized spacial score (nSPS) is 18.1. The van der Waals surface area contributed by atoms with Crippen molar-refractivity contribution < 1.29 is 14.0 Å². The molecule has 6 nitrogen and oxygen atoms in total. The molecule has 2 aromatic rings. The van der Waals surface area contributed by atoms with Crippen LogP contribution in [0, 0.1) is 0 Å².